The zero-order chi connectivity index (χ0) is 21.5. The molecule has 0 spiro atoms. The van der Waals surface area contributed by atoms with E-state index < -0.39 is 0 Å². The van der Waals surface area contributed by atoms with Gasteiger partial charge in [-0.3, -0.25) is 9.89 Å². The lowest BCUT2D eigenvalue weighted by molar-refractivity contribution is 0.0730. The highest BCUT2D eigenvalue weighted by Crippen LogP contribution is 2.45. The summed E-state index contributed by atoms with van der Waals surface area (Å²) >= 11 is 13.0. The summed E-state index contributed by atoms with van der Waals surface area (Å²) in [6, 6.07) is 23.0. The number of hydrogen-bond donors (Lipinski definition) is 1. The van der Waals surface area contributed by atoms with Crippen molar-refractivity contribution in [3.05, 3.63) is 111 Å². The highest BCUT2D eigenvalue weighted by Gasteiger charge is 2.43. The summed E-state index contributed by atoms with van der Waals surface area (Å²) in [7, 11) is 0. The van der Waals surface area contributed by atoms with Crippen molar-refractivity contribution in [1.82, 2.24) is 15.1 Å². The van der Waals surface area contributed by atoms with E-state index in [1.54, 1.807) is 0 Å². The molecule has 1 aromatic heterocycles. The molecule has 0 bridgehead atoms. The van der Waals surface area contributed by atoms with E-state index in [0.29, 0.717) is 22.3 Å². The quantitative estimate of drug-likeness (QED) is 0.391. The van der Waals surface area contributed by atoms with Crippen LogP contribution in [0.4, 0.5) is 0 Å². The van der Waals surface area contributed by atoms with Gasteiger partial charge in [-0.2, -0.15) is 5.10 Å². The Hall–Kier alpha value is -3.08. The standard InChI is InChI=1S/C25H19Cl2N3O/c1-15-10-12-16(13-11-15)22-21-23(29-28-22)25(31)30(14-17-6-2-4-8-19(17)26)24(21)18-7-3-5-9-20(18)27/h2-13,24H,14H2,1H3,(H,28,29). The molecule has 1 amide bonds. The van der Waals surface area contributed by atoms with Crippen LogP contribution in [0.15, 0.2) is 72.8 Å². The number of nitrogens with one attached hydrogen (secondary N) is 1. The Bertz CT molecular complexity index is 1280. The summed E-state index contributed by atoms with van der Waals surface area (Å²) in [6.07, 6.45) is 0. The van der Waals surface area contributed by atoms with Gasteiger partial charge in [0.05, 0.1) is 11.7 Å². The fourth-order valence-corrected chi connectivity index (χ4v) is 4.56. The van der Waals surface area contributed by atoms with Gasteiger partial charge >= 0.3 is 0 Å². The lowest BCUT2D eigenvalue weighted by Crippen LogP contribution is -2.29. The number of aryl methyl sites for hydroxylation is 1. The smallest absolute Gasteiger partial charge is 0.273 e. The average Bonchev–Trinajstić information content (AvgIpc) is 3.31. The minimum Gasteiger partial charge on any atom is -0.322 e. The van der Waals surface area contributed by atoms with Gasteiger partial charge in [0.2, 0.25) is 0 Å². The minimum atomic E-state index is -0.373. The number of amides is 1. The molecular weight excluding hydrogens is 429 g/mol. The van der Waals surface area contributed by atoms with Crippen molar-refractivity contribution in [2.24, 2.45) is 0 Å². The number of carbonyl (C=O) groups is 1. The van der Waals surface area contributed by atoms with E-state index in [1.807, 2.05) is 84.6 Å². The minimum absolute atomic E-state index is 0.120. The number of fused-ring (bicyclic) bond motifs is 1. The SMILES string of the molecule is Cc1ccc(-c2n[nH]c3c2C(c2ccccc2Cl)N(Cc2ccccc2Cl)C3=O)cc1. The molecule has 5 rings (SSSR count). The topological polar surface area (TPSA) is 49.0 Å². The Labute approximate surface area is 190 Å². The molecular formula is C25H19Cl2N3O. The molecule has 3 aromatic carbocycles. The highest BCUT2D eigenvalue weighted by molar-refractivity contribution is 6.31. The fourth-order valence-electron chi connectivity index (χ4n) is 4.12. The van der Waals surface area contributed by atoms with E-state index in [0.717, 1.165) is 33.5 Å². The van der Waals surface area contributed by atoms with Crippen LogP contribution in [0, 0.1) is 6.92 Å². The predicted molar refractivity (Wildman–Crippen MR) is 123 cm³/mol. The van der Waals surface area contributed by atoms with Crippen LogP contribution in [-0.2, 0) is 6.54 Å². The summed E-state index contributed by atoms with van der Waals surface area (Å²) in [6.45, 7) is 2.41. The molecule has 0 radical (unpaired) electrons. The summed E-state index contributed by atoms with van der Waals surface area (Å²) in [4.78, 5) is 15.3. The van der Waals surface area contributed by atoms with Gasteiger partial charge in [-0.15, -0.1) is 0 Å². The largest absolute Gasteiger partial charge is 0.322 e. The molecule has 6 heteroatoms. The molecule has 0 saturated carbocycles. The summed E-state index contributed by atoms with van der Waals surface area (Å²) in [5.74, 6) is -0.120. The van der Waals surface area contributed by atoms with E-state index in [4.69, 9.17) is 23.2 Å². The van der Waals surface area contributed by atoms with E-state index >= 15 is 0 Å². The lowest BCUT2D eigenvalue weighted by Gasteiger charge is -2.27. The molecule has 1 aliphatic rings. The first-order valence-electron chi connectivity index (χ1n) is 9.98. The van der Waals surface area contributed by atoms with Gasteiger partial charge < -0.3 is 4.90 Å². The molecule has 31 heavy (non-hydrogen) atoms. The predicted octanol–water partition coefficient (Wildman–Crippen LogP) is 6.44. The van der Waals surface area contributed by atoms with Crippen LogP contribution in [-0.4, -0.2) is 21.0 Å². The normalized spacial score (nSPS) is 15.4. The summed E-state index contributed by atoms with van der Waals surface area (Å²) in [5, 5.41) is 8.72. The van der Waals surface area contributed by atoms with E-state index in [2.05, 4.69) is 10.2 Å². The third kappa shape index (κ3) is 3.42. The van der Waals surface area contributed by atoms with Gasteiger partial charge in [0.15, 0.2) is 0 Å². The van der Waals surface area contributed by atoms with Crippen LogP contribution in [0.25, 0.3) is 11.3 Å². The van der Waals surface area contributed by atoms with Crippen LogP contribution in [0.2, 0.25) is 10.0 Å². The fraction of sp³-hybridized carbons (Fsp3) is 0.120. The van der Waals surface area contributed by atoms with Crippen molar-refractivity contribution in [3.63, 3.8) is 0 Å². The van der Waals surface area contributed by atoms with Crippen molar-refractivity contribution in [1.29, 1.82) is 0 Å². The average molecular weight is 448 g/mol. The number of aromatic amines is 1. The van der Waals surface area contributed by atoms with Crippen LogP contribution in [0.1, 0.15) is 38.8 Å². The van der Waals surface area contributed by atoms with E-state index in [9.17, 15) is 4.79 Å². The monoisotopic (exact) mass is 447 g/mol. The van der Waals surface area contributed by atoms with Crippen molar-refractivity contribution < 1.29 is 4.79 Å². The number of carbonyl (C=O) groups excluding carboxylic acids is 1. The first-order valence-corrected chi connectivity index (χ1v) is 10.7. The second kappa shape index (κ2) is 7.88. The van der Waals surface area contributed by atoms with Crippen LogP contribution in [0.5, 0.6) is 0 Å². The van der Waals surface area contributed by atoms with Crippen molar-refractivity contribution >= 4 is 29.1 Å². The number of nitrogens with zero attached hydrogens (tertiary/aromatic N) is 2. The number of H-pyrrole nitrogens is 1. The van der Waals surface area contributed by atoms with Crippen LogP contribution in [0.3, 0.4) is 0 Å². The van der Waals surface area contributed by atoms with Crippen molar-refractivity contribution in [3.8, 4) is 11.3 Å². The molecule has 0 aliphatic carbocycles. The molecule has 0 fully saturated rings. The Morgan fingerprint density at radius 1 is 0.935 bits per heavy atom. The van der Waals surface area contributed by atoms with Crippen LogP contribution < -0.4 is 0 Å². The molecule has 4 nitrogen and oxygen atoms in total. The highest BCUT2D eigenvalue weighted by atomic mass is 35.5. The summed E-state index contributed by atoms with van der Waals surface area (Å²) in [5.41, 5.74) is 5.95. The molecule has 1 unspecified atom stereocenters. The van der Waals surface area contributed by atoms with Gasteiger partial charge in [0.25, 0.3) is 5.91 Å². The number of aromatic nitrogens is 2. The van der Waals surface area contributed by atoms with Crippen molar-refractivity contribution in [2.75, 3.05) is 0 Å². The Kier molecular flexibility index (Phi) is 5.05. The molecule has 1 aliphatic heterocycles. The van der Waals surface area contributed by atoms with Gasteiger partial charge in [0, 0.05) is 27.7 Å². The van der Waals surface area contributed by atoms with Gasteiger partial charge in [0.1, 0.15) is 5.69 Å². The molecule has 1 N–H and O–H groups in total. The third-order valence-electron chi connectivity index (χ3n) is 5.69. The Morgan fingerprint density at radius 2 is 1.61 bits per heavy atom. The molecule has 2 heterocycles. The second-order valence-corrected chi connectivity index (χ2v) is 8.49. The number of benzene rings is 3. The van der Waals surface area contributed by atoms with E-state index in [-0.39, 0.29) is 11.9 Å². The van der Waals surface area contributed by atoms with Crippen molar-refractivity contribution in [2.45, 2.75) is 19.5 Å². The second-order valence-electron chi connectivity index (χ2n) is 7.68. The number of hydrogen-bond acceptors (Lipinski definition) is 2. The van der Waals surface area contributed by atoms with E-state index in [1.165, 1.54) is 0 Å². The molecule has 1 atom stereocenters. The maximum atomic E-state index is 13.5. The Balaban J connectivity index is 1.67. The first-order chi connectivity index (χ1) is 15.0. The maximum Gasteiger partial charge on any atom is 0.273 e. The number of halogens is 2. The van der Waals surface area contributed by atoms with Gasteiger partial charge in [-0.05, 0) is 30.2 Å². The Morgan fingerprint density at radius 3 is 2.32 bits per heavy atom. The molecule has 4 aromatic rings. The molecule has 154 valence electrons. The molecule has 0 saturated heterocycles. The zero-order valence-electron chi connectivity index (χ0n) is 16.8. The van der Waals surface area contributed by atoms with Gasteiger partial charge in [-0.1, -0.05) is 89.4 Å². The maximum absolute atomic E-state index is 13.5. The van der Waals surface area contributed by atoms with Gasteiger partial charge in [-0.25, -0.2) is 0 Å². The van der Waals surface area contributed by atoms with Crippen LogP contribution >= 0.6 is 23.2 Å². The third-order valence-corrected chi connectivity index (χ3v) is 6.40. The number of rotatable bonds is 4. The first kappa shape index (κ1) is 19.9. The summed E-state index contributed by atoms with van der Waals surface area (Å²) < 4.78 is 0. The lowest BCUT2D eigenvalue weighted by atomic mass is 9.95. The zero-order valence-corrected chi connectivity index (χ0v) is 18.3.